The first-order valence-corrected chi connectivity index (χ1v) is 6.63. The molecule has 1 fully saturated rings. The molecule has 4 nitrogen and oxygen atoms in total. The molecule has 98 valence electrons. The van der Waals surface area contributed by atoms with Crippen LogP contribution >= 0.6 is 0 Å². The Morgan fingerprint density at radius 2 is 1.67 bits per heavy atom. The number of benzene rings is 1. The molecule has 0 heterocycles. The Bertz CT molecular complexity index is 348. The molecule has 0 unspecified atom stereocenters. The second-order valence-corrected chi connectivity index (χ2v) is 4.72. The molecule has 0 spiro atoms. The van der Waals surface area contributed by atoms with E-state index in [0.717, 1.165) is 5.56 Å². The van der Waals surface area contributed by atoms with Crippen molar-refractivity contribution in [2.24, 2.45) is 16.5 Å². The molecule has 0 N–H and O–H groups in total. The van der Waals surface area contributed by atoms with E-state index in [2.05, 4.69) is 10.6 Å². The highest BCUT2D eigenvalue weighted by Gasteiger charge is 2.13. The summed E-state index contributed by atoms with van der Waals surface area (Å²) in [5.74, 6) is 0.645. The fraction of sp³-hybridized carbons (Fsp3) is 0.571. The van der Waals surface area contributed by atoms with Crippen LogP contribution in [0.3, 0.4) is 0 Å². The highest BCUT2D eigenvalue weighted by molar-refractivity contribution is 5.13. The second kappa shape index (κ2) is 7.69. The van der Waals surface area contributed by atoms with Gasteiger partial charge in [0, 0.05) is 0 Å². The topological polar surface area (TPSA) is 43.2 Å². The Kier molecular flexibility index (Phi) is 5.50. The normalized spacial score (nSPS) is 16.9. The van der Waals surface area contributed by atoms with Crippen LogP contribution in [0, 0.1) is 5.92 Å². The summed E-state index contributed by atoms with van der Waals surface area (Å²) in [6, 6.07) is 9.87. The van der Waals surface area contributed by atoms with Crippen molar-refractivity contribution in [3.8, 4) is 0 Å². The van der Waals surface area contributed by atoms with Crippen molar-refractivity contribution in [1.82, 2.24) is 0 Å². The second-order valence-electron chi connectivity index (χ2n) is 4.72. The molecular weight excluding hydrogens is 228 g/mol. The van der Waals surface area contributed by atoms with Crippen LogP contribution in [0.15, 0.2) is 40.9 Å². The van der Waals surface area contributed by atoms with Crippen molar-refractivity contribution < 1.29 is 9.68 Å². The van der Waals surface area contributed by atoms with E-state index in [1.807, 2.05) is 30.3 Å². The van der Waals surface area contributed by atoms with Crippen LogP contribution in [0.4, 0.5) is 0 Å². The Morgan fingerprint density at radius 3 is 2.44 bits per heavy atom. The van der Waals surface area contributed by atoms with Gasteiger partial charge in [-0.2, -0.15) is 0 Å². The summed E-state index contributed by atoms with van der Waals surface area (Å²) in [7, 11) is 0. The third kappa shape index (κ3) is 4.73. The molecule has 1 saturated carbocycles. The molecule has 1 aliphatic carbocycles. The maximum Gasteiger partial charge on any atom is 0.144 e. The molecule has 1 aliphatic rings. The largest absolute Gasteiger partial charge is 0.377 e. The fourth-order valence-electron chi connectivity index (χ4n) is 2.22. The van der Waals surface area contributed by atoms with Crippen molar-refractivity contribution in [2.45, 2.75) is 38.7 Å². The molecule has 0 radical (unpaired) electrons. The molecule has 0 bridgehead atoms. The zero-order valence-electron chi connectivity index (χ0n) is 10.6. The minimum Gasteiger partial charge on any atom is -0.377 e. The van der Waals surface area contributed by atoms with Crippen molar-refractivity contribution in [3.63, 3.8) is 0 Å². The lowest BCUT2D eigenvalue weighted by Gasteiger charge is -2.19. The summed E-state index contributed by atoms with van der Waals surface area (Å²) in [6.45, 7) is 1.09. The summed E-state index contributed by atoms with van der Waals surface area (Å²) in [6.07, 6.45) is 6.49. The monoisotopic (exact) mass is 248 g/mol. The van der Waals surface area contributed by atoms with Gasteiger partial charge >= 0.3 is 0 Å². The van der Waals surface area contributed by atoms with Crippen LogP contribution in [-0.2, 0) is 16.3 Å². The molecule has 0 amide bonds. The van der Waals surface area contributed by atoms with Gasteiger partial charge in [0.2, 0.25) is 0 Å². The average molecular weight is 248 g/mol. The minimum absolute atomic E-state index is 0.428. The van der Waals surface area contributed by atoms with E-state index in [4.69, 9.17) is 9.68 Å². The van der Waals surface area contributed by atoms with Crippen molar-refractivity contribution in [1.29, 1.82) is 0 Å². The lowest BCUT2D eigenvalue weighted by Crippen LogP contribution is -2.11. The summed E-state index contributed by atoms with van der Waals surface area (Å²) in [4.78, 5) is 10.2. The Labute approximate surface area is 108 Å². The molecule has 2 rings (SSSR count). The van der Waals surface area contributed by atoms with E-state index >= 15 is 0 Å². The molecule has 0 atom stereocenters. The minimum atomic E-state index is 0.428. The van der Waals surface area contributed by atoms with Gasteiger partial charge in [0.05, 0.1) is 10.6 Å². The first kappa shape index (κ1) is 12.9. The van der Waals surface area contributed by atoms with E-state index < -0.39 is 0 Å². The van der Waals surface area contributed by atoms with Crippen LogP contribution in [0.1, 0.15) is 37.7 Å². The van der Waals surface area contributed by atoms with Gasteiger partial charge in [0.1, 0.15) is 13.2 Å². The van der Waals surface area contributed by atoms with Gasteiger partial charge in [-0.25, -0.2) is 0 Å². The van der Waals surface area contributed by atoms with Gasteiger partial charge in [0.15, 0.2) is 0 Å². The van der Waals surface area contributed by atoms with E-state index in [9.17, 15) is 0 Å². The van der Waals surface area contributed by atoms with E-state index in [1.165, 1.54) is 32.1 Å². The van der Waals surface area contributed by atoms with Gasteiger partial charge in [-0.15, -0.1) is 0 Å². The third-order valence-electron chi connectivity index (χ3n) is 3.26. The van der Waals surface area contributed by atoms with Gasteiger partial charge in [0.25, 0.3) is 0 Å². The Hall–Kier alpha value is -1.58. The van der Waals surface area contributed by atoms with Crippen LogP contribution < -0.4 is 0 Å². The maximum absolute atomic E-state index is 5.14. The number of hydrogen-bond acceptors (Lipinski definition) is 4. The van der Waals surface area contributed by atoms with Gasteiger partial charge in [-0.05, 0) is 24.3 Å². The number of hydrogen-bond donors (Lipinski definition) is 0. The Morgan fingerprint density at radius 1 is 0.944 bits per heavy atom. The van der Waals surface area contributed by atoms with Crippen molar-refractivity contribution in [3.05, 3.63) is 35.9 Å². The maximum atomic E-state index is 5.14. The SMILES string of the molecule is c1ccc(CON=NOCC2CCCCC2)cc1. The van der Waals surface area contributed by atoms with Gasteiger partial charge < -0.3 is 9.68 Å². The van der Waals surface area contributed by atoms with Gasteiger partial charge in [-0.3, -0.25) is 0 Å². The fourth-order valence-corrected chi connectivity index (χ4v) is 2.22. The molecule has 0 aliphatic heterocycles. The standard InChI is InChI=1S/C14H20N2O2/c1-3-7-13(8-4-1)11-17-15-16-18-12-14-9-5-2-6-10-14/h1,3-4,7-8,14H,2,5-6,9-12H2. The molecule has 0 saturated heterocycles. The summed E-state index contributed by atoms with van der Waals surface area (Å²) < 4.78 is 0. The Balaban J connectivity index is 1.55. The van der Waals surface area contributed by atoms with Crippen LogP contribution in [0.2, 0.25) is 0 Å². The predicted molar refractivity (Wildman–Crippen MR) is 68.6 cm³/mol. The van der Waals surface area contributed by atoms with Crippen molar-refractivity contribution >= 4 is 0 Å². The van der Waals surface area contributed by atoms with Crippen LogP contribution in [0.25, 0.3) is 0 Å². The van der Waals surface area contributed by atoms with Crippen LogP contribution in [0.5, 0.6) is 0 Å². The molecule has 0 aromatic heterocycles. The smallest absolute Gasteiger partial charge is 0.144 e. The lowest BCUT2D eigenvalue weighted by molar-refractivity contribution is 0.0159. The first-order valence-electron chi connectivity index (χ1n) is 6.63. The number of rotatable bonds is 6. The van der Waals surface area contributed by atoms with Gasteiger partial charge in [-0.1, -0.05) is 49.6 Å². The van der Waals surface area contributed by atoms with Crippen molar-refractivity contribution in [2.75, 3.05) is 6.61 Å². The zero-order chi connectivity index (χ0) is 12.5. The lowest BCUT2D eigenvalue weighted by atomic mass is 9.90. The predicted octanol–water partition coefficient (Wildman–Crippen LogP) is 4.08. The molecule has 1 aromatic carbocycles. The third-order valence-corrected chi connectivity index (χ3v) is 3.26. The van der Waals surface area contributed by atoms with Crippen LogP contribution in [-0.4, -0.2) is 6.61 Å². The average Bonchev–Trinajstić information content (AvgIpc) is 2.45. The van der Waals surface area contributed by atoms with E-state index in [1.54, 1.807) is 0 Å². The summed E-state index contributed by atoms with van der Waals surface area (Å²) in [5, 5.41) is 7.14. The number of nitrogens with zero attached hydrogens (tertiary/aromatic N) is 2. The molecule has 4 heteroatoms. The summed E-state index contributed by atoms with van der Waals surface area (Å²) >= 11 is 0. The molecule has 18 heavy (non-hydrogen) atoms. The summed E-state index contributed by atoms with van der Waals surface area (Å²) in [5.41, 5.74) is 1.07. The van der Waals surface area contributed by atoms with E-state index in [0.29, 0.717) is 19.1 Å². The molecule has 1 aromatic rings. The molecular formula is C14H20N2O2. The first-order chi connectivity index (χ1) is 8.95. The zero-order valence-corrected chi connectivity index (χ0v) is 10.6. The highest BCUT2D eigenvalue weighted by Crippen LogP contribution is 2.23. The highest BCUT2D eigenvalue weighted by atomic mass is 16.7. The van der Waals surface area contributed by atoms with E-state index in [-0.39, 0.29) is 0 Å². The quantitative estimate of drug-likeness (QED) is 0.562.